The van der Waals surface area contributed by atoms with Gasteiger partial charge in [0.15, 0.2) is 0 Å². The summed E-state index contributed by atoms with van der Waals surface area (Å²) in [5.74, 6) is -0.140. The van der Waals surface area contributed by atoms with E-state index in [1.165, 1.54) is 4.68 Å². The lowest BCUT2D eigenvalue weighted by Gasteiger charge is -2.08. The molecule has 2 aromatic heterocycles. The highest BCUT2D eigenvalue weighted by Crippen LogP contribution is 2.14. The van der Waals surface area contributed by atoms with Gasteiger partial charge in [0.1, 0.15) is 4.47 Å². The fourth-order valence-corrected chi connectivity index (χ4v) is 2.30. The van der Waals surface area contributed by atoms with Crippen LogP contribution in [0.2, 0.25) is 0 Å². The Kier molecular flexibility index (Phi) is 5.65. The highest BCUT2D eigenvalue weighted by atomic mass is 79.9. The highest BCUT2D eigenvalue weighted by molar-refractivity contribution is 9.10. The zero-order valence-corrected chi connectivity index (χ0v) is 13.6. The van der Waals surface area contributed by atoms with Gasteiger partial charge in [-0.15, -0.1) is 0 Å². The minimum absolute atomic E-state index is 0.140. The molecule has 0 saturated carbocycles. The van der Waals surface area contributed by atoms with Crippen LogP contribution in [-0.4, -0.2) is 27.7 Å². The van der Waals surface area contributed by atoms with E-state index in [0.717, 1.165) is 5.56 Å². The van der Waals surface area contributed by atoms with Gasteiger partial charge in [0.2, 0.25) is 5.91 Å². The van der Waals surface area contributed by atoms with Crippen molar-refractivity contribution in [2.45, 2.75) is 19.5 Å². The van der Waals surface area contributed by atoms with E-state index in [1.807, 2.05) is 12.1 Å². The van der Waals surface area contributed by atoms with E-state index in [0.29, 0.717) is 16.7 Å². The first-order valence-corrected chi connectivity index (χ1v) is 7.50. The number of carbonyl (C=O) groups excluding carboxylic acids is 1. The first kappa shape index (κ1) is 16.2. The lowest BCUT2D eigenvalue weighted by atomic mass is 10.2. The molecule has 0 bridgehead atoms. The van der Waals surface area contributed by atoms with Crippen LogP contribution in [0.15, 0.2) is 40.0 Å². The molecule has 0 aliphatic rings. The van der Waals surface area contributed by atoms with Crippen molar-refractivity contribution >= 4 is 27.5 Å². The number of amides is 1. The molecule has 2 aromatic rings. The van der Waals surface area contributed by atoms with Gasteiger partial charge in [-0.05, 0) is 33.6 Å². The minimum atomic E-state index is -0.270. The number of halogens is 1. The van der Waals surface area contributed by atoms with E-state index in [-0.39, 0.29) is 24.4 Å². The number of nitrogens with zero attached hydrogens (tertiary/aromatic N) is 3. The molecule has 8 heteroatoms. The van der Waals surface area contributed by atoms with Crippen molar-refractivity contribution in [1.82, 2.24) is 20.1 Å². The number of hydrogen-bond acceptors (Lipinski definition) is 5. The molecule has 2 heterocycles. The van der Waals surface area contributed by atoms with Crippen LogP contribution in [0.5, 0.6) is 0 Å². The molecule has 0 aliphatic carbocycles. The van der Waals surface area contributed by atoms with Gasteiger partial charge >= 0.3 is 0 Å². The molecule has 0 spiro atoms. The first-order chi connectivity index (χ1) is 10.6. The summed E-state index contributed by atoms with van der Waals surface area (Å²) in [4.78, 5) is 27.7. The van der Waals surface area contributed by atoms with Gasteiger partial charge in [0, 0.05) is 32.4 Å². The third-order valence-electron chi connectivity index (χ3n) is 3.04. The van der Waals surface area contributed by atoms with E-state index >= 15 is 0 Å². The SMILES string of the molecule is CNc1cnn(CCC(=O)NCc2ccncc2)c(=O)c1Br. The quantitative estimate of drug-likeness (QED) is 0.801. The molecule has 2 rings (SSSR count). The second-order valence-electron chi connectivity index (χ2n) is 4.53. The van der Waals surface area contributed by atoms with Crippen LogP contribution in [0, 0.1) is 0 Å². The number of rotatable bonds is 6. The molecule has 0 fully saturated rings. The zero-order valence-electron chi connectivity index (χ0n) is 12.0. The Bertz CT molecular complexity index is 702. The topological polar surface area (TPSA) is 88.9 Å². The summed E-state index contributed by atoms with van der Waals surface area (Å²) in [6.07, 6.45) is 5.07. The molecular weight excluding hydrogens is 350 g/mol. The Hall–Kier alpha value is -2.22. The third kappa shape index (κ3) is 4.14. The number of aryl methyl sites for hydroxylation is 1. The normalized spacial score (nSPS) is 10.3. The highest BCUT2D eigenvalue weighted by Gasteiger charge is 2.09. The number of anilines is 1. The van der Waals surface area contributed by atoms with Crippen molar-refractivity contribution in [2.75, 3.05) is 12.4 Å². The molecule has 22 heavy (non-hydrogen) atoms. The molecule has 1 amide bonds. The van der Waals surface area contributed by atoms with Crippen LogP contribution in [0.25, 0.3) is 0 Å². The van der Waals surface area contributed by atoms with Gasteiger partial charge in [-0.3, -0.25) is 14.6 Å². The largest absolute Gasteiger partial charge is 0.386 e. The number of aromatic nitrogens is 3. The average molecular weight is 366 g/mol. The molecule has 0 aromatic carbocycles. The average Bonchev–Trinajstić information content (AvgIpc) is 2.55. The predicted octanol–water partition coefficient (Wildman–Crippen LogP) is 1.15. The Balaban J connectivity index is 1.89. The smallest absolute Gasteiger partial charge is 0.283 e. The second-order valence-corrected chi connectivity index (χ2v) is 5.33. The molecule has 116 valence electrons. The molecule has 0 unspecified atom stereocenters. The van der Waals surface area contributed by atoms with Crippen molar-refractivity contribution in [3.8, 4) is 0 Å². The third-order valence-corrected chi connectivity index (χ3v) is 3.81. The van der Waals surface area contributed by atoms with Gasteiger partial charge < -0.3 is 10.6 Å². The van der Waals surface area contributed by atoms with Crippen LogP contribution in [0.4, 0.5) is 5.69 Å². The lowest BCUT2D eigenvalue weighted by Crippen LogP contribution is -2.29. The van der Waals surface area contributed by atoms with Gasteiger partial charge in [0.25, 0.3) is 5.56 Å². The van der Waals surface area contributed by atoms with Crippen LogP contribution in [0.3, 0.4) is 0 Å². The number of carbonyl (C=O) groups is 1. The Morgan fingerprint density at radius 1 is 1.36 bits per heavy atom. The standard InChI is InChI=1S/C14H16BrN5O2/c1-16-11-9-19-20(14(22)13(11)15)7-4-12(21)18-8-10-2-5-17-6-3-10/h2-3,5-6,9,16H,4,7-8H2,1H3,(H,18,21). The van der Waals surface area contributed by atoms with Crippen molar-refractivity contribution in [3.63, 3.8) is 0 Å². The molecule has 0 saturated heterocycles. The van der Waals surface area contributed by atoms with E-state index in [1.54, 1.807) is 25.6 Å². The number of hydrogen-bond donors (Lipinski definition) is 2. The maximum atomic E-state index is 12.0. The van der Waals surface area contributed by atoms with E-state index in [9.17, 15) is 9.59 Å². The fourth-order valence-electron chi connectivity index (χ4n) is 1.80. The maximum absolute atomic E-state index is 12.0. The summed E-state index contributed by atoms with van der Waals surface area (Å²) < 4.78 is 1.67. The van der Waals surface area contributed by atoms with Gasteiger partial charge in [-0.25, -0.2) is 4.68 Å². The summed E-state index contributed by atoms with van der Waals surface area (Å²) in [5, 5.41) is 9.67. The summed E-state index contributed by atoms with van der Waals surface area (Å²) >= 11 is 3.22. The molecule has 0 aliphatic heterocycles. The van der Waals surface area contributed by atoms with Gasteiger partial charge in [0.05, 0.1) is 18.4 Å². The van der Waals surface area contributed by atoms with Crippen molar-refractivity contribution in [3.05, 3.63) is 51.1 Å². The Morgan fingerprint density at radius 2 is 2.09 bits per heavy atom. The molecule has 2 N–H and O–H groups in total. The predicted molar refractivity (Wildman–Crippen MR) is 86.4 cm³/mol. The maximum Gasteiger partial charge on any atom is 0.283 e. The lowest BCUT2D eigenvalue weighted by molar-refractivity contribution is -0.121. The zero-order chi connectivity index (χ0) is 15.9. The second kappa shape index (κ2) is 7.69. The molecule has 7 nitrogen and oxygen atoms in total. The van der Waals surface area contributed by atoms with Crippen molar-refractivity contribution in [1.29, 1.82) is 0 Å². The number of pyridine rings is 1. The monoisotopic (exact) mass is 365 g/mol. The van der Waals surface area contributed by atoms with Crippen LogP contribution in [-0.2, 0) is 17.9 Å². The van der Waals surface area contributed by atoms with Crippen LogP contribution < -0.4 is 16.2 Å². The van der Waals surface area contributed by atoms with Crippen LogP contribution >= 0.6 is 15.9 Å². The van der Waals surface area contributed by atoms with Gasteiger partial charge in [-0.2, -0.15) is 5.10 Å². The van der Waals surface area contributed by atoms with Crippen molar-refractivity contribution in [2.24, 2.45) is 0 Å². The van der Waals surface area contributed by atoms with Crippen molar-refractivity contribution < 1.29 is 4.79 Å². The fraction of sp³-hybridized carbons (Fsp3) is 0.286. The first-order valence-electron chi connectivity index (χ1n) is 6.71. The van der Waals surface area contributed by atoms with Gasteiger partial charge in [-0.1, -0.05) is 0 Å². The van der Waals surface area contributed by atoms with E-state index < -0.39 is 0 Å². The summed E-state index contributed by atoms with van der Waals surface area (Å²) in [5.41, 5.74) is 1.32. The summed E-state index contributed by atoms with van der Waals surface area (Å²) in [7, 11) is 1.71. The molecular formula is C14H16BrN5O2. The molecule has 0 atom stereocenters. The summed E-state index contributed by atoms with van der Waals surface area (Å²) in [6.45, 7) is 0.662. The minimum Gasteiger partial charge on any atom is -0.386 e. The van der Waals surface area contributed by atoms with E-state index in [2.05, 4.69) is 36.6 Å². The van der Waals surface area contributed by atoms with E-state index in [4.69, 9.17) is 0 Å². The van der Waals surface area contributed by atoms with Crippen LogP contribution in [0.1, 0.15) is 12.0 Å². The Morgan fingerprint density at radius 3 is 2.77 bits per heavy atom. The molecule has 0 radical (unpaired) electrons. The Labute approximate surface area is 135 Å². The summed E-state index contributed by atoms with van der Waals surface area (Å²) in [6, 6.07) is 3.67. The number of nitrogens with one attached hydrogen (secondary N) is 2.